The van der Waals surface area contributed by atoms with Crippen molar-refractivity contribution in [3.63, 3.8) is 0 Å². The molecule has 0 saturated carbocycles. The molecule has 3 aliphatic heterocycles. The van der Waals surface area contributed by atoms with Gasteiger partial charge in [0.25, 0.3) is 11.9 Å². The fourth-order valence-electron chi connectivity index (χ4n) is 6.30. The van der Waals surface area contributed by atoms with Gasteiger partial charge in [-0.2, -0.15) is 31.3 Å². The lowest BCUT2D eigenvalue weighted by molar-refractivity contribution is -0.143. The van der Waals surface area contributed by atoms with E-state index in [2.05, 4.69) is 4.99 Å². The molecule has 2 aromatic carbocycles. The van der Waals surface area contributed by atoms with Crippen LogP contribution in [0.15, 0.2) is 47.5 Å². The number of amidine groups is 1. The number of nitrogens with zero attached hydrogens (tertiary/aromatic N) is 4. The van der Waals surface area contributed by atoms with Gasteiger partial charge < -0.3 is 19.4 Å². The number of amides is 3. The van der Waals surface area contributed by atoms with Crippen molar-refractivity contribution in [3.8, 4) is 0 Å². The van der Waals surface area contributed by atoms with Gasteiger partial charge in [-0.25, -0.2) is 4.79 Å². The van der Waals surface area contributed by atoms with Crippen molar-refractivity contribution < 1.29 is 40.7 Å². The molecule has 13 heteroatoms. The second kappa shape index (κ2) is 10.8. The highest BCUT2D eigenvalue weighted by atomic mass is 19.4. The molecule has 2 saturated heterocycles. The molecular formula is C29H30F6N4O3. The third-order valence-electron chi connectivity index (χ3n) is 8.56. The number of carbonyl (C=O) groups is 2. The molecule has 3 heterocycles. The minimum atomic E-state index is -5.06. The molecule has 0 spiro atoms. The second-order valence-corrected chi connectivity index (χ2v) is 11.1. The minimum Gasteiger partial charge on any atom is -0.455 e. The van der Waals surface area contributed by atoms with Gasteiger partial charge in [0.15, 0.2) is 6.61 Å². The molecule has 42 heavy (non-hydrogen) atoms. The molecule has 5 rings (SSSR count). The Labute approximate surface area is 238 Å². The first kappa shape index (κ1) is 29.7. The zero-order valence-corrected chi connectivity index (χ0v) is 23.2. The Morgan fingerprint density at radius 3 is 2.40 bits per heavy atom. The average molecular weight is 597 g/mol. The van der Waals surface area contributed by atoms with E-state index in [1.807, 2.05) is 36.1 Å². The van der Waals surface area contributed by atoms with Gasteiger partial charge in [-0.05, 0) is 55.0 Å². The van der Waals surface area contributed by atoms with Crippen LogP contribution in [-0.2, 0) is 21.9 Å². The number of fused-ring (bicyclic) bond motifs is 1. The lowest BCUT2D eigenvalue weighted by Gasteiger charge is -2.45. The normalized spacial score (nSPS) is 23.4. The molecule has 2 unspecified atom stereocenters. The highest BCUT2D eigenvalue weighted by Crippen LogP contribution is 2.46. The number of urea groups is 1. The predicted molar refractivity (Wildman–Crippen MR) is 140 cm³/mol. The van der Waals surface area contributed by atoms with E-state index in [0.29, 0.717) is 32.1 Å². The maximum atomic E-state index is 14.0. The van der Waals surface area contributed by atoms with Gasteiger partial charge in [-0.1, -0.05) is 30.3 Å². The summed E-state index contributed by atoms with van der Waals surface area (Å²) in [6.07, 6.45) is -9.41. The van der Waals surface area contributed by atoms with Gasteiger partial charge in [0.05, 0.1) is 23.2 Å². The number of benzene rings is 2. The van der Waals surface area contributed by atoms with Crippen LogP contribution in [0.5, 0.6) is 0 Å². The monoisotopic (exact) mass is 596 g/mol. The number of rotatable bonds is 3. The average Bonchev–Trinajstić information content (AvgIpc) is 3.56. The Hall–Kier alpha value is -3.77. The largest absolute Gasteiger partial charge is 0.455 e. The number of carbonyl (C=O) groups excluding carboxylic acids is 2. The summed E-state index contributed by atoms with van der Waals surface area (Å²) in [5.74, 6) is -0.328. The summed E-state index contributed by atoms with van der Waals surface area (Å²) < 4.78 is 87.0. The highest BCUT2D eigenvalue weighted by Gasteiger charge is 2.49. The number of hydrogen-bond acceptors (Lipinski definition) is 4. The van der Waals surface area contributed by atoms with Crippen LogP contribution in [0.1, 0.15) is 53.2 Å². The summed E-state index contributed by atoms with van der Waals surface area (Å²) in [4.78, 5) is 34.4. The van der Waals surface area contributed by atoms with Crippen LogP contribution in [0.2, 0.25) is 0 Å². The Morgan fingerprint density at radius 1 is 1.07 bits per heavy atom. The van der Waals surface area contributed by atoms with Crippen molar-refractivity contribution in [1.82, 2.24) is 14.7 Å². The van der Waals surface area contributed by atoms with E-state index < -0.39 is 47.2 Å². The first-order valence-corrected chi connectivity index (χ1v) is 13.5. The third-order valence-corrected chi connectivity index (χ3v) is 8.56. The Bertz CT molecular complexity index is 1410. The zero-order chi connectivity index (χ0) is 30.6. The highest BCUT2D eigenvalue weighted by molar-refractivity contribution is 5.96. The number of halogens is 6. The van der Waals surface area contributed by atoms with Gasteiger partial charge in [-0.15, -0.1) is 0 Å². The van der Waals surface area contributed by atoms with Crippen LogP contribution in [-0.4, -0.2) is 65.9 Å². The summed E-state index contributed by atoms with van der Waals surface area (Å²) in [6, 6.07) is 7.15. The summed E-state index contributed by atoms with van der Waals surface area (Å²) >= 11 is 0. The minimum absolute atomic E-state index is 0.0914. The summed E-state index contributed by atoms with van der Waals surface area (Å²) in [5, 5.41) is 0. The van der Waals surface area contributed by atoms with Crippen molar-refractivity contribution in [1.29, 1.82) is 0 Å². The van der Waals surface area contributed by atoms with Crippen LogP contribution >= 0.6 is 0 Å². The smallest absolute Gasteiger partial charge is 0.416 e. The van der Waals surface area contributed by atoms with E-state index in [0.717, 1.165) is 22.1 Å². The number of aliphatic imine (C=N–C) groups is 1. The number of alkyl halides is 6. The van der Waals surface area contributed by atoms with Crippen LogP contribution in [0.4, 0.5) is 31.1 Å². The zero-order valence-electron chi connectivity index (χ0n) is 23.2. The van der Waals surface area contributed by atoms with Crippen molar-refractivity contribution >= 4 is 18.0 Å². The lowest BCUT2D eigenvalue weighted by Crippen LogP contribution is -2.51. The molecule has 3 amide bonds. The fraction of sp³-hybridized carbons (Fsp3) is 0.483. The predicted octanol–water partition coefficient (Wildman–Crippen LogP) is 6.05. The quantitative estimate of drug-likeness (QED) is 0.405. The number of likely N-dealkylation sites (tertiary alicyclic amines) is 2. The molecule has 0 aromatic heterocycles. The van der Waals surface area contributed by atoms with Crippen LogP contribution in [0.25, 0.3) is 0 Å². The molecule has 0 radical (unpaired) electrons. The fourth-order valence-corrected chi connectivity index (χ4v) is 6.30. The van der Waals surface area contributed by atoms with Crippen molar-refractivity contribution in [2.24, 2.45) is 16.8 Å². The van der Waals surface area contributed by atoms with E-state index in [-0.39, 0.29) is 36.4 Å². The summed E-state index contributed by atoms with van der Waals surface area (Å²) in [6.45, 7) is 4.51. The van der Waals surface area contributed by atoms with Gasteiger partial charge in [-0.3, -0.25) is 4.79 Å². The Balaban J connectivity index is 1.47. The van der Waals surface area contributed by atoms with Crippen molar-refractivity contribution in [2.75, 3.05) is 33.3 Å². The van der Waals surface area contributed by atoms with Crippen LogP contribution in [0, 0.1) is 18.8 Å². The maximum Gasteiger partial charge on any atom is 0.416 e. The van der Waals surface area contributed by atoms with Crippen LogP contribution < -0.4 is 0 Å². The molecule has 0 N–H and O–H groups in total. The van der Waals surface area contributed by atoms with E-state index in [1.54, 1.807) is 4.90 Å². The van der Waals surface area contributed by atoms with Gasteiger partial charge in [0, 0.05) is 32.6 Å². The molecule has 0 bridgehead atoms. The molecular weight excluding hydrogens is 566 g/mol. The number of ether oxygens (including phenoxy) is 1. The summed E-state index contributed by atoms with van der Waals surface area (Å²) in [5.41, 5.74) is -1.45. The van der Waals surface area contributed by atoms with E-state index in [1.165, 1.54) is 14.0 Å². The Morgan fingerprint density at radius 2 is 1.79 bits per heavy atom. The van der Waals surface area contributed by atoms with Crippen molar-refractivity contribution in [3.05, 3.63) is 70.3 Å². The molecule has 3 aliphatic rings. The standard InChI is InChI=1S/C29H30F6N4O3/c1-16-6-4-5-7-20(16)25-22-14-38(26-36-24(40)15-42-26)13-18(22)10-11-39(25)27(41)37(3)17(2)21-9-8-19(28(30,31)32)12-23(21)29(33,34)35/h4-9,12,17-18,22,25H,10-11,13-15H2,1-3H3/t17?,18?,22-,25+/m1/s1. The Kier molecular flexibility index (Phi) is 7.65. The van der Waals surface area contributed by atoms with E-state index in [9.17, 15) is 35.9 Å². The number of hydrogen-bond donors (Lipinski definition) is 0. The van der Waals surface area contributed by atoms with E-state index in [4.69, 9.17) is 4.74 Å². The maximum absolute atomic E-state index is 14.0. The molecule has 2 aromatic rings. The van der Waals surface area contributed by atoms with Crippen molar-refractivity contribution in [2.45, 2.75) is 44.7 Å². The molecule has 226 valence electrons. The SMILES string of the molecule is Cc1ccccc1[C@H]1[C@@H]2CN(C3=NC(=O)CO3)CC2CCN1C(=O)N(C)C(C)c1ccc(C(F)(F)F)cc1C(F)(F)F. The first-order valence-electron chi connectivity index (χ1n) is 13.5. The first-order chi connectivity index (χ1) is 19.7. The number of piperidine rings is 1. The molecule has 7 nitrogen and oxygen atoms in total. The topological polar surface area (TPSA) is 65.5 Å². The van der Waals surface area contributed by atoms with Gasteiger partial charge in [0.2, 0.25) is 0 Å². The van der Waals surface area contributed by atoms with Gasteiger partial charge in [0.1, 0.15) is 0 Å². The van der Waals surface area contributed by atoms with Gasteiger partial charge >= 0.3 is 18.4 Å². The lowest BCUT2D eigenvalue weighted by atomic mass is 9.78. The molecule has 0 aliphatic carbocycles. The molecule has 4 atom stereocenters. The number of aryl methyl sites for hydroxylation is 1. The third kappa shape index (κ3) is 5.52. The second-order valence-electron chi connectivity index (χ2n) is 11.1. The van der Waals surface area contributed by atoms with Crippen LogP contribution in [0.3, 0.4) is 0 Å². The molecule has 2 fully saturated rings. The van der Waals surface area contributed by atoms with E-state index >= 15 is 0 Å². The summed E-state index contributed by atoms with van der Waals surface area (Å²) in [7, 11) is 1.36.